The van der Waals surface area contributed by atoms with E-state index >= 15 is 0 Å². The summed E-state index contributed by atoms with van der Waals surface area (Å²) in [6.07, 6.45) is 1.39. The van der Waals surface area contributed by atoms with Crippen molar-refractivity contribution in [3.63, 3.8) is 0 Å². The molecule has 84 valence electrons. The molecule has 0 saturated carbocycles. The Hall–Kier alpha value is -2.01. The van der Waals surface area contributed by atoms with Crippen LogP contribution < -0.4 is 11.3 Å². The van der Waals surface area contributed by atoms with E-state index in [-0.39, 0.29) is 5.76 Å². The Kier molecular flexibility index (Phi) is 3.07. The maximum atomic E-state index is 11.1. The fraction of sp³-hybridized carbons (Fsp3) is 0.182. The lowest BCUT2D eigenvalue weighted by Gasteiger charge is -2.11. The normalized spacial score (nSPS) is 18.3. The molecule has 5 heteroatoms. The van der Waals surface area contributed by atoms with E-state index < -0.39 is 12.2 Å². The smallest absolute Gasteiger partial charge is 0.303 e. The summed E-state index contributed by atoms with van der Waals surface area (Å²) < 4.78 is 10.5. The fourth-order valence-electron chi connectivity index (χ4n) is 1.41. The van der Waals surface area contributed by atoms with Gasteiger partial charge in [-0.3, -0.25) is 10.2 Å². The lowest BCUT2D eigenvalue weighted by molar-refractivity contribution is -0.123. The Balaban J connectivity index is 1.90. The molecule has 0 radical (unpaired) electrons. The molecule has 0 fully saturated rings. The van der Waals surface area contributed by atoms with Gasteiger partial charge in [0.15, 0.2) is 0 Å². The van der Waals surface area contributed by atoms with Crippen LogP contribution in [-0.2, 0) is 20.7 Å². The van der Waals surface area contributed by atoms with Crippen LogP contribution in [0.3, 0.4) is 0 Å². The molecule has 0 spiro atoms. The van der Waals surface area contributed by atoms with E-state index in [1.807, 2.05) is 35.8 Å². The molecule has 1 amide bonds. The Morgan fingerprint density at radius 2 is 2.12 bits per heavy atom. The molecule has 3 N–H and O–H groups in total. The van der Waals surface area contributed by atoms with Crippen LogP contribution in [0.25, 0.3) is 0 Å². The van der Waals surface area contributed by atoms with Gasteiger partial charge in [0.1, 0.15) is 6.26 Å². The number of nitrogens with two attached hydrogens (primary N) is 1. The molecule has 0 aromatic heterocycles. The molecule has 0 aliphatic carbocycles. The third-order valence-electron chi connectivity index (χ3n) is 2.19. The first-order valence-corrected chi connectivity index (χ1v) is 4.87. The van der Waals surface area contributed by atoms with Crippen molar-refractivity contribution in [2.75, 3.05) is 0 Å². The summed E-state index contributed by atoms with van der Waals surface area (Å²) in [6.45, 7) is 0. The number of hydrogen-bond donors (Lipinski definition) is 2. The van der Waals surface area contributed by atoms with Gasteiger partial charge >= 0.3 is 5.91 Å². The third kappa shape index (κ3) is 2.32. The van der Waals surface area contributed by atoms with Gasteiger partial charge in [0, 0.05) is 6.42 Å². The fourth-order valence-corrected chi connectivity index (χ4v) is 1.41. The van der Waals surface area contributed by atoms with E-state index in [4.69, 9.17) is 15.3 Å². The molecule has 5 nitrogen and oxygen atoms in total. The van der Waals surface area contributed by atoms with Gasteiger partial charge < -0.3 is 9.47 Å². The van der Waals surface area contributed by atoms with Crippen molar-refractivity contribution in [3.8, 4) is 0 Å². The Morgan fingerprint density at radius 1 is 1.38 bits per heavy atom. The number of ether oxygens (including phenoxy) is 2. The molecule has 0 bridgehead atoms. The minimum Gasteiger partial charge on any atom is -0.458 e. The second kappa shape index (κ2) is 4.67. The topological polar surface area (TPSA) is 73.6 Å². The van der Waals surface area contributed by atoms with Gasteiger partial charge in [0.25, 0.3) is 0 Å². The molecule has 1 unspecified atom stereocenters. The van der Waals surface area contributed by atoms with E-state index in [2.05, 4.69) is 0 Å². The average Bonchev–Trinajstić information content (AvgIpc) is 2.78. The van der Waals surface area contributed by atoms with Gasteiger partial charge in [-0.25, -0.2) is 5.84 Å². The highest BCUT2D eigenvalue weighted by Crippen LogP contribution is 2.17. The van der Waals surface area contributed by atoms with Crippen molar-refractivity contribution in [1.29, 1.82) is 0 Å². The van der Waals surface area contributed by atoms with Gasteiger partial charge in [-0.2, -0.15) is 0 Å². The summed E-state index contributed by atoms with van der Waals surface area (Å²) in [5.41, 5.74) is 3.06. The molecule has 1 aromatic rings. The van der Waals surface area contributed by atoms with E-state index in [1.165, 1.54) is 6.26 Å². The zero-order valence-corrected chi connectivity index (χ0v) is 8.55. The van der Waals surface area contributed by atoms with Crippen molar-refractivity contribution in [1.82, 2.24) is 5.43 Å². The number of carbonyl (C=O) groups is 1. The molecular formula is C11H12N2O3. The van der Waals surface area contributed by atoms with Crippen LogP contribution in [-0.4, -0.2) is 12.2 Å². The predicted molar refractivity (Wildman–Crippen MR) is 56.5 cm³/mol. The number of hydrogen-bond acceptors (Lipinski definition) is 4. The second-order valence-corrected chi connectivity index (χ2v) is 3.33. The van der Waals surface area contributed by atoms with Crippen LogP contribution in [0.2, 0.25) is 0 Å². The Labute approximate surface area is 92.8 Å². The second-order valence-electron chi connectivity index (χ2n) is 3.33. The maximum absolute atomic E-state index is 11.1. The first kappa shape index (κ1) is 10.5. The molecule has 1 aliphatic rings. The van der Waals surface area contributed by atoms with Gasteiger partial charge in [-0.05, 0) is 5.56 Å². The Morgan fingerprint density at radius 3 is 2.81 bits per heavy atom. The van der Waals surface area contributed by atoms with Gasteiger partial charge in [-0.15, -0.1) is 0 Å². The third-order valence-corrected chi connectivity index (χ3v) is 2.19. The molecule has 1 aromatic carbocycles. The highest BCUT2D eigenvalue weighted by atomic mass is 16.7. The zero-order chi connectivity index (χ0) is 11.4. The summed E-state index contributed by atoms with van der Waals surface area (Å²) in [4.78, 5) is 11.1. The first-order valence-electron chi connectivity index (χ1n) is 4.87. The molecule has 0 saturated heterocycles. The number of rotatable bonds is 3. The van der Waals surface area contributed by atoms with Crippen LogP contribution in [0.1, 0.15) is 5.56 Å². The summed E-state index contributed by atoms with van der Waals surface area (Å²) in [5.74, 6) is 4.58. The number of nitrogens with one attached hydrogen (secondary N) is 1. The molecule has 1 aliphatic heterocycles. The van der Waals surface area contributed by atoms with Crippen LogP contribution in [0.15, 0.2) is 42.4 Å². The average molecular weight is 220 g/mol. The van der Waals surface area contributed by atoms with Crippen LogP contribution in [0.5, 0.6) is 0 Å². The van der Waals surface area contributed by atoms with Crippen LogP contribution in [0.4, 0.5) is 0 Å². The van der Waals surface area contributed by atoms with Crippen LogP contribution in [0, 0.1) is 0 Å². The van der Waals surface area contributed by atoms with Gasteiger partial charge in [0.2, 0.25) is 12.0 Å². The molecular weight excluding hydrogens is 208 g/mol. The van der Waals surface area contributed by atoms with Gasteiger partial charge in [0.05, 0.1) is 0 Å². The summed E-state index contributed by atoms with van der Waals surface area (Å²) in [6, 6.07) is 9.74. The lowest BCUT2D eigenvalue weighted by atomic mass is 10.1. The minimum absolute atomic E-state index is 0.100. The summed E-state index contributed by atoms with van der Waals surface area (Å²) in [7, 11) is 0. The highest BCUT2D eigenvalue weighted by Gasteiger charge is 2.24. The SMILES string of the molecule is NNC(=O)C1=COC(Cc2ccccc2)O1. The molecule has 1 atom stereocenters. The number of carbonyl (C=O) groups excluding carboxylic acids is 1. The quantitative estimate of drug-likeness (QED) is 0.440. The first-order chi connectivity index (χ1) is 7.79. The van der Waals surface area contributed by atoms with E-state index in [9.17, 15) is 4.79 Å². The summed E-state index contributed by atoms with van der Waals surface area (Å²) in [5, 5.41) is 0. The van der Waals surface area contributed by atoms with Crippen molar-refractivity contribution >= 4 is 5.91 Å². The zero-order valence-electron chi connectivity index (χ0n) is 8.55. The monoisotopic (exact) mass is 220 g/mol. The van der Waals surface area contributed by atoms with Crippen LogP contribution >= 0.6 is 0 Å². The number of hydrazine groups is 1. The van der Waals surface area contributed by atoms with Crippen molar-refractivity contribution in [2.24, 2.45) is 5.84 Å². The lowest BCUT2D eigenvalue weighted by Crippen LogP contribution is -2.32. The molecule has 1 heterocycles. The van der Waals surface area contributed by atoms with Crippen molar-refractivity contribution in [2.45, 2.75) is 12.7 Å². The molecule has 2 rings (SSSR count). The Bertz CT molecular complexity index is 403. The van der Waals surface area contributed by atoms with Gasteiger partial charge in [-0.1, -0.05) is 30.3 Å². The van der Waals surface area contributed by atoms with E-state index in [1.54, 1.807) is 0 Å². The van der Waals surface area contributed by atoms with Crippen molar-refractivity contribution in [3.05, 3.63) is 47.9 Å². The van der Waals surface area contributed by atoms with Crippen molar-refractivity contribution < 1.29 is 14.3 Å². The predicted octanol–water partition coefficient (Wildman–Crippen LogP) is 0.433. The standard InChI is InChI=1S/C11H12N2O3/c12-13-11(14)9-7-15-10(16-9)6-8-4-2-1-3-5-8/h1-5,7,10H,6,12H2,(H,13,14). The molecule has 16 heavy (non-hydrogen) atoms. The number of amides is 1. The minimum atomic E-state index is -0.490. The maximum Gasteiger partial charge on any atom is 0.303 e. The van der Waals surface area contributed by atoms with E-state index in [0.29, 0.717) is 6.42 Å². The largest absolute Gasteiger partial charge is 0.458 e. The highest BCUT2D eigenvalue weighted by molar-refractivity contribution is 5.90. The summed E-state index contributed by atoms with van der Waals surface area (Å²) >= 11 is 0. The number of benzene rings is 1. The van der Waals surface area contributed by atoms with E-state index in [0.717, 1.165) is 5.56 Å².